The van der Waals surface area contributed by atoms with E-state index in [4.69, 9.17) is 0 Å². The first kappa shape index (κ1) is 13.0. The minimum absolute atomic E-state index is 0.120. The lowest BCUT2D eigenvalue weighted by molar-refractivity contribution is -0.0270. The number of aliphatic hydroxyl groups is 1. The van der Waals surface area contributed by atoms with Crippen LogP contribution in [-0.4, -0.2) is 25.7 Å². The Bertz CT molecular complexity index is 489. The van der Waals surface area contributed by atoms with E-state index in [9.17, 15) is 13.5 Å². The molecule has 1 aliphatic rings. The zero-order chi connectivity index (χ0) is 12.5. The van der Waals surface area contributed by atoms with E-state index >= 15 is 0 Å². The summed E-state index contributed by atoms with van der Waals surface area (Å²) in [5.41, 5.74) is -0.822. The fourth-order valence-corrected chi connectivity index (χ4v) is 4.21. The molecule has 6 heteroatoms. The zero-order valence-corrected chi connectivity index (χ0v) is 11.4. The Morgan fingerprint density at radius 2 is 2.18 bits per heavy atom. The lowest BCUT2D eigenvalue weighted by Gasteiger charge is -2.36. The van der Waals surface area contributed by atoms with Crippen molar-refractivity contribution in [3.05, 3.63) is 17.0 Å². The Hall–Kier alpha value is -0.430. The highest BCUT2D eigenvalue weighted by Gasteiger charge is 2.35. The van der Waals surface area contributed by atoms with Crippen LogP contribution in [0.2, 0.25) is 0 Å². The van der Waals surface area contributed by atoms with E-state index in [1.165, 1.54) is 11.3 Å². The summed E-state index contributed by atoms with van der Waals surface area (Å²) >= 11 is 1.28. The summed E-state index contributed by atoms with van der Waals surface area (Å²) in [6, 6.07) is 3.45. The number of thiophene rings is 1. The van der Waals surface area contributed by atoms with Gasteiger partial charge in [0.25, 0.3) is 0 Å². The Morgan fingerprint density at radius 1 is 1.47 bits per heavy atom. The zero-order valence-electron chi connectivity index (χ0n) is 9.77. The van der Waals surface area contributed by atoms with E-state index in [1.807, 2.05) is 13.0 Å². The van der Waals surface area contributed by atoms with Gasteiger partial charge in [-0.2, -0.15) is 0 Å². The van der Waals surface area contributed by atoms with E-state index in [1.54, 1.807) is 6.07 Å². The summed E-state index contributed by atoms with van der Waals surface area (Å²) in [7, 11) is -3.45. The summed E-state index contributed by atoms with van der Waals surface area (Å²) in [6.45, 7) is 2.11. The topological polar surface area (TPSA) is 66.4 Å². The maximum Gasteiger partial charge on any atom is 0.250 e. The van der Waals surface area contributed by atoms with E-state index < -0.39 is 15.6 Å². The van der Waals surface area contributed by atoms with E-state index in [0.29, 0.717) is 17.1 Å². The van der Waals surface area contributed by atoms with Crippen molar-refractivity contribution in [2.24, 2.45) is 0 Å². The molecule has 0 aliphatic heterocycles. The standard InChI is InChI=1S/C11H17NO3S2/c1-2-9-4-5-10(16-9)17(14,15)12-8-11(13)6-3-7-11/h4-5,12-13H,2-3,6-8H2,1H3. The molecule has 1 aromatic heterocycles. The molecule has 0 spiro atoms. The molecule has 0 bridgehead atoms. The molecule has 0 unspecified atom stereocenters. The van der Waals surface area contributed by atoms with Crippen LogP contribution in [0.15, 0.2) is 16.3 Å². The molecule has 2 rings (SSSR count). The quantitative estimate of drug-likeness (QED) is 0.856. The molecule has 0 atom stereocenters. The molecule has 2 N–H and O–H groups in total. The lowest BCUT2D eigenvalue weighted by Crippen LogP contribution is -2.47. The smallest absolute Gasteiger partial charge is 0.250 e. The molecule has 1 aromatic rings. The summed E-state index contributed by atoms with van der Waals surface area (Å²) in [6.07, 6.45) is 3.17. The molecule has 0 amide bonds. The van der Waals surface area contributed by atoms with Gasteiger partial charge in [-0.3, -0.25) is 0 Å². The predicted molar refractivity (Wildman–Crippen MR) is 67.7 cm³/mol. The molecule has 0 saturated heterocycles. The Balaban J connectivity index is 2.03. The van der Waals surface area contributed by atoms with Gasteiger partial charge in [-0.25, -0.2) is 13.1 Å². The van der Waals surface area contributed by atoms with Crippen molar-refractivity contribution in [1.82, 2.24) is 4.72 Å². The highest BCUT2D eigenvalue weighted by atomic mass is 32.2. The first-order valence-electron chi connectivity index (χ1n) is 5.76. The number of aryl methyl sites for hydroxylation is 1. The van der Waals surface area contributed by atoms with Gasteiger partial charge in [0, 0.05) is 11.4 Å². The van der Waals surface area contributed by atoms with Crippen LogP contribution in [0.3, 0.4) is 0 Å². The first-order valence-corrected chi connectivity index (χ1v) is 8.06. The van der Waals surface area contributed by atoms with Crippen LogP contribution in [0.25, 0.3) is 0 Å². The summed E-state index contributed by atoms with van der Waals surface area (Å²) in [5, 5.41) is 9.85. The fourth-order valence-electron chi connectivity index (χ4n) is 1.75. The third-order valence-electron chi connectivity index (χ3n) is 3.13. The van der Waals surface area contributed by atoms with E-state index in [0.717, 1.165) is 17.7 Å². The number of hydrogen-bond acceptors (Lipinski definition) is 4. The van der Waals surface area contributed by atoms with Crippen molar-refractivity contribution in [2.75, 3.05) is 6.54 Å². The minimum atomic E-state index is -3.45. The van der Waals surface area contributed by atoms with Crippen molar-refractivity contribution in [1.29, 1.82) is 0 Å². The van der Waals surface area contributed by atoms with Gasteiger partial charge >= 0.3 is 0 Å². The van der Waals surface area contributed by atoms with E-state index in [2.05, 4.69) is 4.72 Å². The summed E-state index contributed by atoms with van der Waals surface area (Å²) in [5.74, 6) is 0. The molecular formula is C11H17NO3S2. The lowest BCUT2D eigenvalue weighted by atomic mass is 9.81. The second-order valence-electron chi connectivity index (χ2n) is 4.48. The third kappa shape index (κ3) is 2.88. The van der Waals surface area contributed by atoms with Gasteiger partial charge in [0.1, 0.15) is 4.21 Å². The Labute approximate surface area is 106 Å². The van der Waals surface area contributed by atoms with E-state index in [-0.39, 0.29) is 6.54 Å². The second kappa shape index (κ2) is 4.68. The highest BCUT2D eigenvalue weighted by Crippen LogP contribution is 2.31. The number of nitrogens with one attached hydrogen (secondary N) is 1. The molecule has 0 radical (unpaired) electrons. The largest absolute Gasteiger partial charge is 0.389 e. The monoisotopic (exact) mass is 275 g/mol. The van der Waals surface area contributed by atoms with Crippen molar-refractivity contribution >= 4 is 21.4 Å². The van der Waals surface area contributed by atoms with Crippen LogP contribution >= 0.6 is 11.3 Å². The summed E-state index contributed by atoms with van der Waals surface area (Å²) in [4.78, 5) is 1.05. The molecule has 17 heavy (non-hydrogen) atoms. The predicted octanol–water partition coefficient (Wildman–Crippen LogP) is 1.50. The van der Waals surface area contributed by atoms with Gasteiger partial charge in [0.05, 0.1) is 5.60 Å². The maximum atomic E-state index is 11.9. The minimum Gasteiger partial charge on any atom is -0.389 e. The van der Waals surface area contributed by atoms with Crippen LogP contribution < -0.4 is 4.72 Å². The molecule has 4 nitrogen and oxygen atoms in total. The van der Waals surface area contributed by atoms with Gasteiger partial charge in [-0.05, 0) is 37.8 Å². The molecule has 1 heterocycles. The van der Waals surface area contributed by atoms with Gasteiger partial charge in [-0.1, -0.05) is 6.92 Å². The average molecular weight is 275 g/mol. The molecule has 1 fully saturated rings. The number of hydrogen-bond donors (Lipinski definition) is 2. The Kier molecular flexibility index (Phi) is 3.58. The van der Waals surface area contributed by atoms with Gasteiger partial charge in [0.2, 0.25) is 10.0 Å². The average Bonchev–Trinajstić information content (AvgIpc) is 2.73. The second-order valence-corrected chi connectivity index (χ2v) is 7.64. The van der Waals surface area contributed by atoms with Crippen LogP contribution in [-0.2, 0) is 16.4 Å². The maximum absolute atomic E-state index is 11.9. The molecule has 1 aliphatic carbocycles. The van der Waals surface area contributed by atoms with Crippen LogP contribution in [0.5, 0.6) is 0 Å². The third-order valence-corrected chi connectivity index (χ3v) is 6.25. The van der Waals surface area contributed by atoms with Crippen LogP contribution in [0, 0.1) is 0 Å². The molecule has 1 saturated carbocycles. The van der Waals surface area contributed by atoms with Crippen molar-refractivity contribution in [2.45, 2.75) is 42.4 Å². The van der Waals surface area contributed by atoms with Crippen LogP contribution in [0.1, 0.15) is 31.1 Å². The molecule has 96 valence electrons. The molecular weight excluding hydrogens is 258 g/mol. The highest BCUT2D eigenvalue weighted by molar-refractivity contribution is 7.91. The van der Waals surface area contributed by atoms with Gasteiger partial charge in [-0.15, -0.1) is 11.3 Å². The van der Waals surface area contributed by atoms with Crippen molar-refractivity contribution < 1.29 is 13.5 Å². The molecule has 0 aromatic carbocycles. The number of rotatable bonds is 5. The van der Waals surface area contributed by atoms with Crippen molar-refractivity contribution in [3.63, 3.8) is 0 Å². The van der Waals surface area contributed by atoms with Gasteiger partial charge < -0.3 is 5.11 Å². The first-order chi connectivity index (χ1) is 7.95. The fraction of sp³-hybridized carbons (Fsp3) is 0.636. The number of sulfonamides is 1. The van der Waals surface area contributed by atoms with Crippen molar-refractivity contribution in [3.8, 4) is 0 Å². The Morgan fingerprint density at radius 3 is 2.65 bits per heavy atom. The van der Waals surface area contributed by atoms with Crippen LogP contribution in [0.4, 0.5) is 0 Å². The normalized spacial score (nSPS) is 18.9. The summed E-state index contributed by atoms with van der Waals surface area (Å²) < 4.78 is 26.7. The SMILES string of the molecule is CCc1ccc(S(=O)(=O)NCC2(O)CCC2)s1. The van der Waals surface area contributed by atoms with Gasteiger partial charge in [0.15, 0.2) is 0 Å².